The second-order valence-electron chi connectivity index (χ2n) is 7.22. The Morgan fingerprint density at radius 3 is 2.59 bits per heavy atom. The fourth-order valence-corrected chi connectivity index (χ4v) is 3.55. The first-order valence-corrected chi connectivity index (χ1v) is 9.87. The number of nitrogen functional groups attached to an aromatic ring is 1. The number of carbonyl (C=O) groups is 1. The molecule has 1 aromatic carbocycles. The summed E-state index contributed by atoms with van der Waals surface area (Å²) in [7, 11) is 1.49. The molecule has 0 saturated heterocycles. The van der Waals surface area contributed by atoms with Crippen molar-refractivity contribution in [3.8, 4) is 0 Å². The van der Waals surface area contributed by atoms with Gasteiger partial charge in [0.25, 0.3) is 5.56 Å². The van der Waals surface area contributed by atoms with Crippen molar-refractivity contribution in [2.45, 2.75) is 38.4 Å². The number of aromatic amines is 1. The van der Waals surface area contributed by atoms with Crippen LogP contribution < -0.4 is 17.0 Å². The van der Waals surface area contributed by atoms with E-state index in [1.165, 1.54) is 7.11 Å². The summed E-state index contributed by atoms with van der Waals surface area (Å²) in [6, 6.07) is 7.72. The molecule has 1 heterocycles. The molecule has 29 heavy (non-hydrogen) atoms. The smallest absolute Gasteiger partial charge is 0.330 e. The van der Waals surface area contributed by atoms with Gasteiger partial charge in [-0.05, 0) is 37.5 Å². The van der Waals surface area contributed by atoms with Crippen LogP contribution in [0, 0.1) is 0 Å². The van der Waals surface area contributed by atoms with E-state index in [2.05, 4.69) is 9.88 Å². The third-order valence-corrected chi connectivity index (χ3v) is 5.48. The molecule has 8 nitrogen and oxygen atoms in total. The van der Waals surface area contributed by atoms with Gasteiger partial charge >= 0.3 is 5.69 Å². The highest BCUT2D eigenvalue weighted by atomic mass is 35.5. The molecule has 1 unspecified atom stereocenters. The number of rotatable bonds is 9. The Kier molecular flexibility index (Phi) is 6.56. The Labute approximate surface area is 173 Å². The third kappa shape index (κ3) is 4.77. The van der Waals surface area contributed by atoms with E-state index in [1.54, 1.807) is 0 Å². The number of halogens is 1. The van der Waals surface area contributed by atoms with Crippen molar-refractivity contribution in [3.63, 3.8) is 0 Å². The maximum absolute atomic E-state index is 13.0. The normalized spacial score (nSPS) is 14.9. The number of methoxy groups -OCH3 is 1. The van der Waals surface area contributed by atoms with E-state index in [4.69, 9.17) is 22.1 Å². The van der Waals surface area contributed by atoms with Crippen LogP contribution in [0.2, 0.25) is 5.02 Å². The zero-order valence-corrected chi connectivity index (χ0v) is 17.2. The van der Waals surface area contributed by atoms with Gasteiger partial charge in [0.15, 0.2) is 5.78 Å². The Bertz CT molecular complexity index is 995. The van der Waals surface area contributed by atoms with Crippen LogP contribution in [-0.4, -0.2) is 46.5 Å². The average molecular weight is 421 g/mol. The minimum absolute atomic E-state index is 0.0320. The van der Waals surface area contributed by atoms with E-state index in [1.807, 2.05) is 31.2 Å². The van der Waals surface area contributed by atoms with Crippen molar-refractivity contribution in [2.75, 3.05) is 26.0 Å². The largest absolute Gasteiger partial charge is 0.384 e. The number of hydrogen-bond acceptors (Lipinski definition) is 6. The molecule has 3 rings (SSSR count). The van der Waals surface area contributed by atoms with Crippen LogP contribution in [0.3, 0.4) is 0 Å². The molecule has 1 fully saturated rings. The molecule has 1 aliphatic carbocycles. The zero-order chi connectivity index (χ0) is 21.1. The molecule has 1 atom stereocenters. The Morgan fingerprint density at radius 1 is 1.34 bits per heavy atom. The van der Waals surface area contributed by atoms with E-state index in [-0.39, 0.29) is 43.2 Å². The fourth-order valence-electron chi connectivity index (χ4n) is 3.43. The minimum atomic E-state index is -0.763. The number of nitrogens with two attached hydrogens (primary N) is 1. The highest BCUT2D eigenvalue weighted by Gasteiger charge is 2.35. The van der Waals surface area contributed by atoms with Crippen LogP contribution in [-0.2, 0) is 11.3 Å². The molecule has 9 heteroatoms. The van der Waals surface area contributed by atoms with Gasteiger partial charge in [-0.1, -0.05) is 23.7 Å². The number of nitrogens with one attached hydrogen (secondary N) is 1. The third-order valence-electron chi connectivity index (χ3n) is 5.23. The summed E-state index contributed by atoms with van der Waals surface area (Å²) in [5.74, 6) is -0.543. The van der Waals surface area contributed by atoms with Crippen LogP contribution >= 0.6 is 11.6 Å². The van der Waals surface area contributed by atoms with Crippen molar-refractivity contribution < 1.29 is 9.53 Å². The van der Waals surface area contributed by atoms with Crippen molar-refractivity contribution in [1.29, 1.82) is 0 Å². The molecule has 2 aromatic rings. The van der Waals surface area contributed by atoms with Crippen LogP contribution in [0.15, 0.2) is 33.9 Å². The van der Waals surface area contributed by atoms with Crippen molar-refractivity contribution in [3.05, 3.63) is 61.3 Å². The molecule has 0 spiro atoms. The molecule has 0 aliphatic heterocycles. The van der Waals surface area contributed by atoms with E-state index in [9.17, 15) is 14.4 Å². The van der Waals surface area contributed by atoms with E-state index < -0.39 is 17.0 Å². The number of carbonyl (C=O) groups excluding carboxylic acids is 1. The quantitative estimate of drug-likeness (QED) is 0.599. The highest BCUT2D eigenvalue weighted by molar-refractivity contribution is 6.30. The SMILES string of the molecule is COCCn1c(N)c(C(=O)CN(C2CC2)C(C)c2ccc(Cl)cc2)c(=O)[nH]c1=O. The number of H-pyrrole nitrogens is 1. The fraction of sp³-hybridized carbons (Fsp3) is 0.450. The predicted octanol–water partition coefficient (Wildman–Crippen LogP) is 1.83. The monoisotopic (exact) mass is 420 g/mol. The van der Waals surface area contributed by atoms with Gasteiger partial charge in [-0.25, -0.2) is 4.79 Å². The van der Waals surface area contributed by atoms with Gasteiger partial charge in [-0.2, -0.15) is 0 Å². The molecule has 156 valence electrons. The maximum Gasteiger partial charge on any atom is 0.330 e. The first kappa shape index (κ1) is 21.3. The number of nitrogens with zero attached hydrogens (tertiary/aromatic N) is 2. The lowest BCUT2D eigenvalue weighted by Gasteiger charge is -2.29. The zero-order valence-electron chi connectivity index (χ0n) is 16.5. The summed E-state index contributed by atoms with van der Waals surface area (Å²) in [6.45, 7) is 2.42. The number of aromatic nitrogens is 2. The molecule has 1 saturated carbocycles. The second kappa shape index (κ2) is 8.94. The van der Waals surface area contributed by atoms with Gasteiger partial charge in [0.05, 0.1) is 19.7 Å². The maximum atomic E-state index is 13.0. The molecule has 0 amide bonds. The lowest BCUT2D eigenvalue weighted by atomic mass is 10.1. The summed E-state index contributed by atoms with van der Waals surface area (Å²) >= 11 is 5.98. The summed E-state index contributed by atoms with van der Waals surface area (Å²) in [5, 5.41) is 0.646. The Balaban J connectivity index is 1.88. The second-order valence-corrected chi connectivity index (χ2v) is 7.65. The van der Waals surface area contributed by atoms with Crippen LogP contribution in [0.25, 0.3) is 0 Å². The van der Waals surface area contributed by atoms with Crippen molar-refractivity contribution in [1.82, 2.24) is 14.5 Å². The van der Waals surface area contributed by atoms with Gasteiger partial charge < -0.3 is 10.5 Å². The molecular weight excluding hydrogens is 396 g/mol. The van der Waals surface area contributed by atoms with Gasteiger partial charge in [0.2, 0.25) is 0 Å². The number of Topliss-reactive ketones (excluding diaryl/α,β-unsaturated/α-hetero) is 1. The van der Waals surface area contributed by atoms with Gasteiger partial charge in [0.1, 0.15) is 11.4 Å². The van der Waals surface area contributed by atoms with Gasteiger partial charge in [0, 0.05) is 24.2 Å². The molecule has 0 radical (unpaired) electrons. The number of ether oxygens (including phenoxy) is 1. The van der Waals surface area contributed by atoms with Gasteiger partial charge in [-0.15, -0.1) is 0 Å². The van der Waals surface area contributed by atoms with E-state index in [0.29, 0.717) is 5.02 Å². The van der Waals surface area contributed by atoms with Crippen LogP contribution in [0.1, 0.15) is 41.7 Å². The number of anilines is 1. The van der Waals surface area contributed by atoms with Crippen LogP contribution in [0.5, 0.6) is 0 Å². The van der Waals surface area contributed by atoms with E-state index >= 15 is 0 Å². The van der Waals surface area contributed by atoms with E-state index in [0.717, 1.165) is 23.0 Å². The highest BCUT2D eigenvalue weighted by Crippen LogP contribution is 2.34. The first-order valence-electron chi connectivity index (χ1n) is 9.49. The topological polar surface area (TPSA) is 110 Å². The Morgan fingerprint density at radius 2 is 2.00 bits per heavy atom. The summed E-state index contributed by atoms with van der Waals surface area (Å²) in [6.07, 6.45) is 1.98. The molecule has 1 aromatic heterocycles. The Hall–Kier alpha value is -2.42. The standard InChI is InChI=1S/C20H25ClN4O4/c1-12(13-3-5-14(21)6-4-13)25(15-7-8-15)11-16(26)17-18(22)24(9-10-29-2)20(28)23-19(17)27/h3-6,12,15H,7-11,22H2,1-2H3,(H,23,27,28). The summed E-state index contributed by atoms with van der Waals surface area (Å²) in [4.78, 5) is 41.7. The average Bonchev–Trinajstić information content (AvgIpc) is 3.51. The predicted molar refractivity (Wildman–Crippen MR) is 112 cm³/mol. The number of ketones is 1. The van der Waals surface area contributed by atoms with Crippen molar-refractivity contribution >= 4 is 23.2 Å². The molecular formula is C20H25ClN4O4. The molecule has 3 N–H and O–H groups in total. The first-order chi connectivity index (χ1) is 13.8. The molecule has 1 aliphatic rings. The van der Waals surface area contributed by atoms with Crippen molar-refractivity contribution in [2.24, 2.45) is 0 Å². The summed E-state index contributed by atoms with van der Waals surface area (Å²) in [5.41, 5.74) is 5.45. The van der Waals surface area contributed by atoms with Crippen LogP contribution in [0.4, 0.5) is 5.82 Å². The minimum Gasteiger partial charge on any atom is -0.384 e. The number of benzene rings is 1. The van der Waals surface area contributed by atoms with Gasteiger partial charge in [-0.3, -0.25) is 24.0 Å². The lowest BCUT2D eigenvalue weighted by Crippen LogP contribution is -2.40. The summed E-state index contributed by atoms with van der Waals surface area (Å²) < 4.78 is 6.12. The number of hydrogen-bond donors (Lipinski definition) is 2. The molecule has 0 bridgehead atoms. The lowest BCUT2D eigenvalue weighted by molar-refractivity contribution is 0.0886.